The zero-order valence-electron chi connectivity index (χ0n) is 13.0. The summed E-state index contributed by atoms with van der Waals surface area (Å²) in [4.78, 5) is 5.01. The summed E-state index contributed by atoms with van der Waals surface area (Å²) in [6, 6.07) is 7.01. The predicted octanol–water partition coefficient (Wildman–Crippen LogP) is 2.43. The van der Waals surface area contributed by atoms with Crippen LogP contribution in [0.15, 0.2) is 29.4 Å². The quantitative estimate of drug-likeness (QED) is 0.663. The molecule has 2 unspecified atom stereocenters. The second-order valence-corrected chi connectivity index (χ2v) is 6.23. The molecular weight excluding hydrogens is 283 g/mol. The zero-order chi connectivity index (χ0) is 15.7. The Morgan fingerprint density at radius 1 is 1.36 bits per heavy atom. The minimum atomic E-state index is -0.367. The van der Waals surface area contributed by atoms with Gasteiger partial charge in [-0.15, -0.1) is 0 Å². The molecule has 0 spiro atoms. The molecule has 1 aromatic rings. The molecule has 2 aliphatic rings. The Kier molecular flexibility index (Phi) is 4.45. The number of benzene rings is 1. The fourth-order valence-electron chi connectivity index (χ4n) is 4.07. The molecule has 0 radical (unpaired) electrons. The van der Waals surface area contributed by atoms with Crippen LogP contribution in [0, 0.1) is 11.7 Å². The van der Waals surface area contributed by atoms with Crippen molar-refractivity contribution >= 4 is 5.71 Å². The van der Waals surface area contributed by atoms with Crippen molar-refractivity contribution < 1.29 is 14.3 Å². The lowest BCUT2D eigenvalue weighted by atomic mass is 9.73. The van der Waals surface area contributed by atoms with E-state index in [1.54, 1.807) is 7.11 Å². The molecule has 0 amide bonds. The van der Waals surface area contributed by atoms with Crippen molar-refractivity contribution in [2.24, 2.45) is 11.1 Å². The Morgan fingerprint density at radius 2 is 2.09 bits per heavy atom. The second kappa shape index (κ2) is 6.34. The minimum Gasteiger partial charge on any atom is -0.399 e. The van der Waals surface area contributed by atoms with E-state index in [-0.39, 0.29) is 29.8 Å². The molecule has 5 atom stereocenters. The molecule has 5 heteroatoms. The molecule has 3 rings (SSSR count). The minimum absolute atomic E-state index is 0.0114. The second-order valence-electron chi connectivity index (χ2n) is 6.23. The molecule has 2 heterocycles. The molecule has 2 aliphatic heterocycles. The van der Waals surface area contributed by atoms with Gasteiger partial charge in [-0.2, -0.15) is 0 Å². The lowest BCUT2D eigenvalue weighted by Crippen LogP contribution is -2.50. The average Bonchev–Trinajstić information content (AvgIpc) is 2.81. The zero-order valence-corrected chi connectivity index (χ0v) is 13.0. The summed E-state index contributed by atoms with van der Waals surface area (Å²) in [5, 5.41) is 18.1. The summed E-state index contributed by atoms with van der Waals surface area (Å²) in [5.74, 6) is 0.0746. The third kappa shape index (κ3) is 2.75. The smallest absolute Gasteiger partial charge is 0.123 e. The van der Waals surface area contributed by atoms with Crippen LogP contribution in [0.2, 0.25) is 0 Å². The Morgan fingerprint density at radius 3 is 2.73 bits per heavy atom. The van der Waals surface area contributed by atoms with Crippen LogP contribution in [0.4, 0.5) is 4.39 Å². The molecule has 4 nitrogen and oxygen atoms in total. The van der Waals surface area contributed by atoms with Crippen molar-refractivity contribution in [1.82, 2.24) is 5.32 Å². The van der Waals surface area contributed by atoms with Gasteiger partial charge in [-0.05, 0) is 42.9 Å². The number of aliphatic hydroxyl groups is 1. The fourth-order valence-corrected chi connectivity index (χ4v) is 4.07. The maximum absolute atomic E-state index is 13.2. The van der Waals surface area contributed by atoms with Gasteiger partial charge >= 0.3 is 0 Å². The van der Waals surface area contributed by atoms with Crippen molar-refractivity contribution in [3.8, 4) is 0 Å². The van der Waals surface area contributed by atoms with E-state index in [1.165, 1.54) is 12.1 Å². The summed E-state index contributed by atoms with van der Waals surface area (Å²) >= 11 is 0. The number of hydrogen-bond donors (Lipinski definition) is 2. The van der Waals surface area contributed by atoms with Gasteiger partial charge in [0.05, 0.1) is 11.8 Å². The van der Waals surface area contributed by atoms with Gasteiger partial charge in [-0.3, -0.25) is 0 Å². The van der Waals surface area contributed by atoms with E-state index in [4.69, 9.17) is 4.84 Å². The molecule has 2 fully saturated rings. The summed E-state index contributed by atoms with van der Waals surface area (Å²) in [5.41, 5.74) is 2.06. The topological polar surface area (TPSA) is 53.9 Å². The number of oxime groups is 1. The van der Waals surface area contributed by atoms with Gasteiger partial charge in [0.25, 0.3) is 0 Å². The van der Waals surface area contributed by atoms with Gasteiger partial charge in [0.2, 0.25) is 0 Å². The first-order valence-corrected chi connectivity index (χ1v) is 7.93. The monoisotopic (exact) mass is 306 g/mol. The van der Waals surface area contributed by atoms with Gasteiger partial charge in [-0.1, -0.05) is 24.2 Å². The van der Waals surface area contributed by atoms with Crippen molar-refractivity contribution in [1.29, 1.82) is 0 Å². The number of halogens is 1. The Balaban J connectivity index is 1.98. The van der Waals surface area contributed by atoms with E-state index < -0.39 is 0 Å². The average molecular weight is 306 g/mol. The lowest BCUT2D eigenvalue weighted by molar-refractivity contribution is 0.136. The normalized spacial score (nSPS) is 34.7. The highest BCUT2D eigenvalue weighted by molar-refractivity contribution is 5.88. The van der Waals surface area contributed by atoms with E-state index >= 15 is 0 Å². The standard InChI is InChI=1S/C17H23FN2O2/c1-3-14(20-22-2)16-13(10-4-6-11(18)7-5-10)8-12-9-15(21)17(16)19-12/h4-7,12-13,15-17,19,21H,3,8-9H2,1-2H3/t12?,13-,15?,16-,17-/m1/s1. The van der Waals surface area contributed by atoms with Gasteiger partial charge in [0.1, 0.15) is 12.9 Å². The summed E-state index contributed by atoms with van der Waals surface area (Å²) in [6.45, 7) is 2.05. The molecule has 0 aliphatic carbocycles. The highest BCUT2D eigenvalue weighted by Gasteiger charge is 2.48. The van der Waals surface area contributed by atoms with Crippen molar-refractivity contribution in [2.45, 2.75) is 50.3 Å². The Hall–Kier alpha value is -1.46. The number of rotatable bonds is 4. The first kappa shape index (κ1) is 15.4. The summed E-state index contributed by atoms with van der Waals surface area (Å²) in [7, 11) is 1.55. The Bertz CT molecular complexity index is 546. The largest absolute Gasteiger partial charge is 0.399 e. The van der Waals surface area contributed by atoms with Gasteiger partial charge in [0, 0.05) is 18.0 Å². The van der Waals surface area contributed by atoms with E-state index in [2.05, 4.69) is 10.5 Å². The van der Waals surface area contributed by atoms with Gasteiger partial charge in [-0.25, -0.2) is 4.39 Å². The molecule has 1 aromatic carbocycles. The number of fused-ring (bicyclic) bond motifs is 2. The maximum Gasteiger partial charge on any atom is 0.123 e. The molecular formula is C17H23FN2O2. The molecule has 0 saturated carbocycles. The number of aliphatic hydroxyl groups excluding tert-OH is 1. The highest BCUT2D eigenvalue weighted by Crippen LogP contribution is 2.43. The summed E-state index contributed by atoms with van der Waals surface area (Å²) in [6.07, 6.45) is 2.09. The van der Waals surface area contributed by atoms with Crippen molar-refractivity contribution in [3.05, 3.63) is 35.6 Å². The van der Waals surface area contributed by atoms with Crippen LogP contribution in [-0.2, 0) is 4.84 Å². The van der Waals surface area contributed by atoms with E-state index in [9.17, 15) is 9.50 Å². The molecule has 2 N–H and O–H groups in total. The van der Waals surface area contributed by atoms with E-state index in [0.717, 1.165) is 30.5 Å². The lowest BCUT2D eigenvalue weighted by Gasteiger charge is -2.38. The molecule has 120 valence electrons. The van der Waals surface area contributed by atoms with E-state index in [1.807, 2.05) is 19.1 Å². The third-order valence-corrected chi connectivity index (χ3v) is 4.98. The van der Waals surface area contributed by atoms with E-state index in [0.29, 0.717) is 6.04 Å². The van der Waals surface area contributed by atoms with Crippen LogP contribution in [0.5, 0.6) is 0 Å². The fraction of sp³-hybridized carbons (Fsp3) is 0.588. The maximum atomic E-state index is 13.2. The van der Waals surface area contributed by atoms with Crippen molar-refractivity contribution in [3.63, 3.8) is 0 Å². The highest BCUT2D eigenvalue weighted by atomic mass is 19.1. The number of nitrogens with zero attached hydrogens (tertiary/aromatic N) is 1. The van der Waals surface area contributed by atoms with Crippen LogP contribution in [-0.4, -0.2) is 36.1 Å². The molecule has 2 bridgehead atoms. The summed E-state index contributed by atoms with van der Waals surface area (Å²) < 4.78 is 13.2. The van der Waals surface area contributed by atoms with Crippen LogP contribution in [0.1, 0.15) is 37.7 Å². The van der Waals surface area contributed by atoms with Crippen LogP contribution in [0.25, 0.3) is 0 Å². The first-order valence-electron chi connectivity index (χ1n) is 7.93. The SMILES string of the molecule is CCC(=NOC)[C@H]1[C@@H](c2ccc(F)cc2)CC2CC(O)[C@H]1N2. The van der Waals surface area contributed by atoms with Crippen molar-refractivity contribution in [2.75, 3.05) is 7.11 Å². The number of piperidine rings is 1. The van der Waals surface area contributed by atoms with Crippen LogP contribution < -0.4 is 5.32 Å². The molecule has 22 heavy (non-hydrogen) atoms. The van der Waals surface area contributed by atoms with Gasteiger partial charge < -0.3 is 15.3 Å². The van der Waals surface area contributed by atoms with Gasteiger partial charge in [0.15, 0.2) is 0 Å². The first-order chi connectivity index (χ1) is 10.6. The van der Waals surface area contributed by atoms with Crippen LogP contribution in [0.3, 0.4) is 0 Å². The Labute approximate surface area is 130 Å². The predicted molar refractivity (Wildman–Crippen MR) is 83.3 cm³/mol. The third-order valence-electron chi connectivity index (χ3n) is 4.98. The van der Waals surface area contributed by atoms with Crippen LogP contribution >= 0.6 is 0 Å². The number of nitrogens with one attached hydrogen (secondary N) is 1. The molecule has 0 aromatic heterocycles. The molecule has 2 saturated heterocycles. The number of hydrogen-bond acceptors (Lipinski definition) is 4.